The van der Waals surface area contributed by atoms with E-state index in [2.05, 4.69) is 72.2 Å². The molecule has 246 valence electrons. The Morgan fingerprint density at radius 2 is 1.37 bits per heavy atom. The van der Waals surface area contributed by atoms with Crippen LogP contribution in [0.3, 0.4) is 0 Å². The number of ketones is 1. The van der Waals surface area contributed by atoms with Crippen molar-refractivity contribution in [3.05, 3.63) is 95.1 Å². The maximum atomic E-state index is 15.1. The van der Waals surface area contributed by atoms with Crippen LogP contribution in [0.15, 0.2) is 72.8 Å². The van der Waals surface area contributed by atoms with Gasteiger partial charge in [-0.15, -0.1) is 0 Å². The molecular formula is C38H48N2O5S. The molecule has 0 bridgehead atoms. The van der Waals surface area contributed by atoms with Gasteiger partial charge in [0.1, 0.15) is 0 Å². The largest absolute Gasteiger partial charge is 0.493 e. The molecule has 7 nitrogen and oxygen atoms in total. The molecular weight excluding hydrogens is 596 g/mol. The number of hydrogen-bond acceptors (Lipinski definition) is 8. The number of ether oxygens (including phenoxy) is 4. The number of methoxy groups -OCH3 is 2. The molecule has 2 unspecified atom stereocenters. The first-order valence-electron chi connectivity index (χ1n) is 16.4. The Kier molecular flexibility index (Phi) is 11.6. The number of morpholine rings is 2. The summed E-state index contributed by atoms with van der Waals surface area (Å²) >= 11 is 6.29. The molecule has 8 heteroatoms. The lowest BCUT2D eigenvalue weighted by molar-refractivity contribution is -0.0211. The molecule has 0 spiro atoms. The molecule has 2 heterocycles. The lowest BCUT2D eigenvalue weighted by Crippen LogP contribution is -2.60. The number of carbonyl (C=O) groups excluding carboxylic acids is 1. The SMILES string of the molecule is COc1ccc(C(=O)C(CCCC(C)(C(=S)c2ccc(C)cc2)N2CCOCC2)(Cc2ccccc2)N2CCOCC2)cc1OC. The summed E-state index contributed by atoms with van der Waals surface area (Å²) in [7, 11) is 3.22. The molecule has 0 amide bonds. The third kappa shape index (κ3) is 7.53. The predicted octanol–water partition coefficient (Wildman–Crippen LogP) is 6.19. The van der Waals surface area contributed by atoms with Crippen LogP contribution < -0.4 is 9.47 Å². The molecule has 46 heavy (non-hydrogen) atoms. The Labute approximate surface area is 279 Å². The second-order valence-electron chi connectivity index (χ2n) is 12.6. The van der Waals surface area contributed by atoms with Crippen LogP contribution in [0, 0.1) is 6.92 Å². The van der Waals surface area contributed by atoms with Crippen LogP contribution >= 0.6 is 12.2 Å². The Bertz CT molecular complexity index is 1450. The fourth-order valence-corrected chi connectivity index (χ4v) is 7.45. The highest BCUT2D eigenvalue weighted by Gasteiger charge is 2.46. The van der Waals surface area contributed by atoms with Gasteiger partial charge in [0.2, 0.25) is 0 Å². The first kappa shape index (κ1) is 34.2. The number of Topliss-reactive ketones (excluding diaryl/α,β-unsaturated/α-hetero) is 1. The summed E-state index contributed by atoms with van der Waals surface area (Å²) in [5.41, 5.74) is 2.89. The van der Waals surface area contributed by atoms with E-state index in [0.717, 1.165) is 41.9 Å². The lowest BCUT2D eigenvalue weighted by atomic mass is 9.75. The minimum atomic E-state index is -0.790. The smallest absolute Gasteiger partial charge is 0.183 e. The van der Waals surface area contributed by atoms with Crippen molar-refractivity contribution in [1.82, 2.24) is 9.80 Å². The molecule has 2 aliphatic rings. The summed E-state index contributed by atoms with van der Waals surface area (Å²) in [4.78, 5) is 20.9. The average molecular weight is 645 g/mol. The Morgan fingerprint density at radius 1 is 0.783 bits per heavy atom. The van der Waals surface area contributed by atoms with E-state index in [1.54, 1.807) is 14.2 Å². The van der Waals surface area contributed by atoms with Crippen molar-refractivity contribution in [2.75, 3.05) is 66.8 Å². The topological polar surface area (TPSA) is 60.5 Å². The van der Waals surface area contributed by atoms with Gasteiger partial charge < -0.3 is 18.9 Å². The standard InChI is InChI=1S/C38H48N2O5S/c1-29-11-13-31(14-12-29)36(46)37(2,39-19-23-44-24-20-39)17-8-18-38(40-21-25-45-26-22-40,28-30-9-6-5-7-10-30)35(41)32-15-16-33(42-3)34(27-32)43-4/h5-7,9-16,27H,8,17-26,28H2,1-4H3. The zero-order chi connectivity index (χ0) is 32.6. The molecule has 3 aromatic carbocycles. The van der Waals surface area contributed by atoms with Gasteiger partial charge >= 0.3 is 0 Å². The number of thiocarbonyl (C=S) groups is 1. The molecule has 0 aromatic heterocycles. The quantitative estimate of drug-likeness (QED) is 0.152. The van der Waals surface area contributed by atoms with Crippen molar-refractivity contribution in [3.8, 4) is 11.5 Å². The molecule has 0 radical (unpaired) electrons. The molecule has 0 aliphatic carbocycles. The van der Waals surface area contributed by atoms with Gasteiger partial charge in [0.05, 0.1) is 51.7 Å². The van der Waals surface area contributed by atoms with E-state index in [4.69, 9.17) is 31.2 Å². The van der Waals surface area contributed by atoms with Crippen LogP contribution in [-0.2, 0) is 15.9 Å². The van der Waals surface area contributed by atoms with Gasteiger partial charge in [0.25, 0.3) is 0 Å². The highest BCUT2D eigenvalue weighted by molar-refractivity contribution is 7.81. The maximum absolute atomic E-state index is 15.1. The van der Waals surface area contributed by atoms with Crippen LogP contribution in [0.4, 0.5) is 0 Å². The van der Waals surface area contributed by atoms with E-state index in [0.29, 0.717) is 69.4 Å². The second kappa shape index (κ2) is 15.6. The van der Waals surface area contributed by atoms with Crippen LogP contribution in [0.25, 0.3) is 0 Å². The summed E-state index contributed by atoms with van der Waals surface area (Å²) in [6.07, 6.45) is 2.89. The van der Waals surface area contributed by atoms with Crippen molar-refractivity contribution in [2.45, 2.75) is 50.6 Å². The monoisotopic (exact) mass is 644 g/mol. The fourth-order valence-electron chi connectivity index (χ4n) is 7.08. The first-order valence-corrected chi connectivity index (χ1v) is 16.8. The van der Waals surface area contributed by atoms with Gasteiger partial charge in [-0.1, -0.05) is 72.4 Å². The van der Waals surface area contributed by atoms with Gasteiger partial charge in [0, 0.05) is 36.6 Å². The summed E-state index contributed by atoms with van der Waals surface area (Å²) < 4.78 is 22.7. The van der Waals surface area contributed by atoms with Crippen molar-refractivity contribution < 1.29 is 23.7 Å². The number of aryl methyl sites for hydroxylation is 1. The van der Waals surface area contributed by atoms with Gasteiger partial charge in [-0.05, 0) is 68.9 Å². The number of hydrogen-bond donors (Lipinski definition) is 0. The maximum Gasteiger partial charge on any atom is 0.183 e. The molecule has 3 aromatic rings. The average Bonchev–Trinajstić information content (AvgIpc) is 3.11. The van der Waals surface area contributed by atoms with Crippen molar-refractivity contribution >= 4 is 22.9 Å². The van der Waals surface area contributed by atoms with Crippen LogP contribution in [-0.4, -0.2) is 98.4 Å². The van der Waals surface area contributed by atoms with Gasteiger partial charge in [0.15, 0.2) is 17.3 Å². The molecule has 2 atom stereocenters. The highest BCUT2D eigenvalue weighted by Crippen LogP contribution is 2.37. The molecule has 0 N–H and O–H groups in total. The van der Waals surface area contributed by atoms with Gasteiger partial charge in [-0.3, -0.25) is 14.6 Å². The van der Waals surface area contributed by atoms with Crippen LogP contribution in [0.5, 0.6) is 11.5 Å². The highest BCUT2D eigenvalue weighted by atomic mass is 32.1. The number of rotatable bonds is 14. The molecule has 2 aliphatic heterocycles. The van der Waals surface area contributed by atoms with E-state index >= 15 is 4.79 Å². The lowest BCUT2D eigenvalue weighted by Gasteiger charge is -2.47. The van der Waals surface area contributed by atoms with E-state index in [1.807, 2.05) is 24.3 Å². The van der Waals surface area contributed by atoms with E-state index in [-0.39, 0.29) is 11.3 Å². The number of nitrogens with zero attached hydrogens (tertiary/aromatic N) is 2. The van der Waals surface area contributed by atoms with E-state index in [1.165, 1.54) is 5.56 Å². The summed E-state index contributed by atoms with van der Waals surface area (Å²) in [6, 6.07) is 24.5. The summed E-state index contributed by atoms with van der Waals surface area (Å²) in [5, 5.41) is 0. The third-order valence-corrected chi connectivity index (χ3v) is 10.5. The zero-order valence-corrected chi connectivity index (χ0v) is 28.6. The summed E-state index contributed by atoms with van der Waals surface area (Å²) in [6.45, 7) is 9.98. The Morgan fingerprint density at radius 3 is 1.98 bits per heavy atom. The van der Waals surface area contributed by atoms with Gasteiger partial charge in [-0.2, -0.15) is 0 Å². The van der Waals surface area contributed by atoms with E-state index < -0.39 is 5.54 Å². The number of benzene rings is 3. The van der Waals surface area contributed by atoms with Crippen molar-refractivity contribution in [3.63, 3.8) is 0 Å². The normalized spacial score (nSPS) is 18.7. The molecule has 2 saturated heterocycles. The van der Waals surface area contributed by atoms with Crippen molar-refractivity contribution in [1.29, 1.82) is 0 Å². The summed E-state index contributed by atoms with van der Waals surface area (Å²) in [5.74, 6) is 1.24. The molecule has 5 rings (SSSR count). The van der Waals surface area contributed by atoms with Crippen LogP contribution in [0.1, 0.15) is 53.2 Å². The Balaban J connectivity index is 1.53. The van der Waals surface area contributed by atoms with Crippen LogP contribution in [0.2, 0.25) is 0 Å². The second-order valence-corrected chi connectivity index (χ2v) is 13.0. The minimum absolute atomic E-state index is 0.0911. The number of carbonyl (C=O) groups is 1. The Hall–Kier alpha value is -3.14. The van der Waals surface area contributed by atoms with Gasteiger partial charge in [-0.25, -0.2) is 0 Å². The molecule has 0 saturated carbocycles. The van der Waals surface area contributed by atoms with Crippen molar-refractivity contribution in [2.24, 2.45) is 0 Å². The zero-order valence-electron chi connectivity index (χ0n) is 27.8. The first-order chi connectivity index (χ1) is 22.3. The minimum Gasteiger partial charge on any atom is -0.493 e. The van der Waals surface area contributed by atoms with E-state index in [9.17, 15) is 0 Å². The fraction of sp³-hybridized carbons (Fsp3) is 0.474. The third-order valence-electron chi connectivity index (χ3n) is 9.79. The predicted molar refractivity (Wildman–Crippen MR) is 187 cm³/mol. The molecule has 2 fully saturated rings.